The zero-order valence-electron chi connectivity index (χ0n) is 2.83. The first kappa shape index (κ1) is 16.2. The molecule has 44 valence electrons. The van der Waals surface area contributed by atoms with E-state index < -0.39 is 10.4 Å². The van der Waals surface area contributed by atoms with E-state index in [-0.39, 0.29) is 75.1 Å². The van der Waals surface area contributed by atoms with Gasteiger partial charge in [0.1, 0.15) is 0 Å². The van der Waals surface area contributed by atoms with Gasteiger partial charge in [0.15, 0.2) is 0 Å². The Morgan fingerprint density at radius 2 is 1.14 bits per heavy atom. The third-order valence-electron chi connectivity index (χ3n) is 0. The summed E-state index contributed by atoms with van der Waals surface area (Å²) in [7, 11) is -4.67. The van der Waals surface area contributed by atoms with Crippen molar-refractivity contribution >= 4 is 85.5 Å². The van der Waals surface area contributed by atoms with Crippen LogP contribution in [0.25, 0.3) is 0 Å². The van der Waals surface area contributed by atoms with Gasteiger partial charge in [-0.3, -0.25) is 9.11 Å². The predicted octanol–water partition coefficient (Wildman–Crippen LogP) is -2.75. The summed E-state index contributed by atoms with van der Waals surface area (Å²) in [6, 6.07) is 0. The molecule has 0 saturated carbocycles. The molecule has 0 unspecified atom stereocenters. The van der Waals surface area contributed by atoms with Crippen LogP contribution in [0.2, 0.25) is 0 Å². The van der Waals surface area contributed by atoms with Gasteiger partial charge in [0.2, 0.25) is 0 Å². The van der Waals surface area contributed by atoms with Crippen LogP contribution >= 0.6 is 0 Å². The Bertz CT molecular complexity index is 94.9. The Hall–Kier alpha value is 2.32. The molecule has 0 bridgehead atoms. The molecular weight excluding hydrogens is 442 g/mol. The van der Waals surface area contributed by atoms with E-state index in [4.69, 9.17) is 17.5 Å². The molecule has 2 N–H and O–H groups in total. The Labute approximate surface area is 101 Å². The van der Waals surface area contributed by atoms with Gasteiger partial charge in [-0.1, -0.05) is 0 Å². The summed E-state index contributed by atoms with van der Waals surface area (Å²) >= 11 is 0. The van der Waals surface area contributed by atoms with Crippen LogP contribution in [0.3, 0.4) is 0 Å². The van der Waals surface area contributed by atoms with E-state index in [0.717, 1.165) is 0 Å². The van der Waals surface area contributed by atoms with E-state index in [9.17, 15) is 0 Å². The molecule has 0 radical (unpaired) electrons. The van der Waals surface area contributed by atoms with Gasteiger partial charge in [-0.05, 0) is 0 Å². The topological polar surface area (TPSA) is 74.6 Å². The summed E-state index contributed by atoms with van der Waals surface area (Å²) in [6.45, 7) is 0. The summed E-state index contributed by atoms with van der Waals surface area (Å²) in [4.78, 5) is 0. The molecule has 0 aromatic rings. The fourth-order valence-electron chi connectivity index (χ4n) is 0. The van der Waals surface area contributed by atoms with Crippen molar-refractivity contribution in [3.8, 4) is 0 Å². The molecule has 7 heavy (non-hydrogen) atoms. The van der Waals surface area contributed by atoms with Crippen molar-refractivity contribution in [1.29, 1.82) is 0 Å². The summed E-state index contributed by atoms with van der Waals surface area (Å²) < 4.78 is 31.6. The van der Waals surface area contributed by atoms with Crippen molar-refractivity contribution in [3.05, 3.63) is 0 Å². The van der Waals surface area contributed by atoms with Crippen LogP contribution in [0.4, 0.5) is 0 Å². The molecule has 0 aliphatic heterocycles. The van der Waals surface area contributed by atoms with Crippen LogP contribution in [0.15, 0.2) is 0 Å². The van der Waals surface area contributed by atoms with Crippen LogP contribution in [0.1, 0.15) is 0 Å². The molecule has 0 aliphatic carbocycles. The normalized spacial score (nSPS) is 8.29. The minimum atomic E-state index is -4.67. The predicted molar refractivity (Wildman–Crippen MR) is 32.7 cm³/mol. The van der Waals surface area contributed by atoms with Gasteiger partial charge in [0, 0.05) is 0 Å². The van der Waals surface area contributed by atoms with Gasteiger partial charge in [-0.2, -0.15) is 8.42 Å². The summed E-state index contributed by atoms with van der Waals surface area (Å²) in [5, 5.41) is 0. The first-order valence-electron chi connectivity index (χ1n) is 0.698. The summed E-state index contributed by atoms with van der Waals surface area (Å²) in [6.07, 6.45) is 0. The Morgan fingerprint density at radius 3 is 1.14 bits per heavy atom. The fraction of sp³-hybridized carbons (Fsp3) is 0. The number of hydrogen-bond acceptors (Lipinski definition) is 2. The average molecular weight is 449 g/mol. The standard InChI is InChI=1S/Ba.Bi.H2O4S.5H/c;;1-5(2,3)4;;;;;/h;;(H2,1,2,3,4);;;;;. The van der Waals surface area contributed by atoms with Gasteiger partial charge in [0.05, 0.1) is 0 Å². The molecule has 0 fully saturated rings. The van der Waals surface area contributed by atoms with Crippen molar-refractivity contribution in [3.63, 3.8) is 0 Å². The van der Waals surface area contributed by atoms with Gasteiger partial charge in [-0.25, -0.2) is 0 Å². The van der Waals surface area contributed by atoms with E-state index in [2.05, 4.69) is 0 Å². The molecule has 0 aliphatic rings. The second kappa shape index (κ2) is 6.44. The van der Waals surface area contributed by atoms with Crippen LogP contribution in [-0.2, 0) is 10.4 Å². The maximum atomic E-state index is 8.74. The van der Waals surface area contributed by atoms with E-state index >= 15 is 0 Å². The molecule has 0 saturated heterocycles. The zero-order chi connectivity index (χ0) is 4.50. The first-order valence-corrected chi connectivity index (χ1v) is 2.10. The first-order chi connectivity index (χ1) is 2.00. The van der Waals surface area contributed by atoms with Crippen molar-refractivity contribution in [1.82, 2.24) is 0 Å². The van der Waals surface area contributed by atoms with Crippen molar-refractivity contribution in [2.45, 2.75) is 0 Å². The maximum absolute atomic E-state index is 8.74. The monoisotopic (exact) mass is 450 g/mol. The average Bonchev–Trinajstić information content (AvgIpc) is 0.722. The Kier molecular flexibility index (Phi) is 14.9. The number of rotatable bonds is 0. The zero-order valence-corrected chi connectivity index (χ0v) is 9.14. The Morgan fingerprint density at radius 1 is 1.14 bits per heavy atom. The van der Waals surface area contributed by atoms with Crippen molar-refractivity contribution in [2.24, 2.45) is 0 Å². The fourth-order valence-corrected chi connectivity index (χ4v) is 0. The van der Waals surface area contributed by atoms with Crippen molar-refractivity contribution in [2.75, 3.05) is 0 Å². The molecule has 0 amide bonds. The quantitative estimate of drug-likeness (QED) is 0.311. The molecule has 0 rings (SSSR count). The van der Waals surface area contributed by atoms with Gasteiger partial charge < -0.3 is 0 Å². The molecule has 0 spiro atoms. The summed E-state index contributed by atoms with van der Waals surface area (Å²) in [5.41, 5.74) is 0. The van der Waals surface area contributed by atoms with E-state index in [1.54, 1.807) is 0 Å². The molecule has 0 aromatic heterocycles. The van der Waals surface area contributed by atoms with E-state index in [1.807, 2.05) is 0 Å². The van der Waals surface area contributed by atoms with E-state index in [1.165, 1.54) is 0 Å². The molecule has 0 heterocycles. The molecule has 0 aromatic carbocycles. The molecule has 0 atom stereocenters. The Balaban J connectivity index is -0.0000000800. The second-order valence-electron chi connectivity index (χ2n) is 0.448. The number of hydrogen-bond donors (Lipinski definition) is 2. The second-order valence-corrected chi connectivity index (χ2v) is 1.34. The van der Waals surface area contributed by atoms with Crippen LogP contribution < -0.4 is 0 Å². The molecule has 7 heteroatoms. The van der Waals surface area contributed by atoms with Crippen LogP contribution in [0, 0.1) is 0 Å². The third kappa shape index (κ3) is 61.6. The van der Waals surface area contributed by atoms with Crippen LogP contribution in [-0.4, -0.2) is 92.6 Å². The minimum absolute atomic E-state index is 0. The van der Waals surface area contributed by atoms with Gasteiger partial charge in [0.25, 0.3) is 0 Å². The van der Waals surface area contributed by atoms with Gasteiger partial charge in [-0.15, -0.1) is 0 Å². The molecule has 4 nitrogen and oxygen atoms in total. The van der Waals surface area contributed by atoms with Crippen LogP contribution in [0.5, 0.6) is 0 Å². The summed E-state index contributed by atoms with van der Waals surface area (Å²) in [5.74, 6) is 0. The SMILES string of the molecule is O=S(=O)(O)O.[BaH2].[BiH3]. The van der Waals surface area contributed by atoms with Gasteiger partial charge >= 0.3 is 85.5 Å². The molecular formula is H7BaBiO4S. The van der Waals surface area contributed by atoms with Crippen molar-refractivity contribution < 1.29 is 17.5 Å². The third-order valence-corrected chi connectivity index (χ3v) is 0. The van der Waals surface area contributed by atoms with E-state index in [0.29, 0.717) is 0 Å².